The second-order valence-electron chi connectivity index (χ2n) is 5.67. The van der Waals surface area contributed by atoms with Crippen molar-refractivity contribution in [3.8, 4) is 0 Å². The SMILES string of the molecule is CCc1cc(CNC(C)C)cc(N2CCCSCC2)n1. The summed E-state index contributed by atoms with van der Waals surface area (Å²) >= 11 is 2.06. The van der Waals surface area contributed by atoms with Crippen molar-refractivity contribution in [2.24, 2.45) is 0 Å². The lowest BCUT2D eigenvalue weighted by molar-refractivity contribution is 0.588. The Morgan fingerprint density at radius 2 is 2.15 bits per heavy atom. The molecule has 3 nitrogen and oxygen atoms in total. The Kier molecular flexibility index (Phi) is 6.17. The maximum Gasteiger partial charge on any atom is 0.129 e. The summed E-state index contributed by atoms with van der Waals surface area (Å²) < 4.78 is 0. The van der Waals surface area contributed by atoms with Crippen LogP contribution in [0.3, 0.4) is 0 Å². The minimum absolute atomic E-state index is 0.520. The Morgan fingerprint density at radius 3 is 2.90 bits per heavy atom. The van der Waals surface area contributed by atoms with Gasteiger partial charge in [-0.2, -0.15) is 11.8 Å². The molecule has 0 aliphatic carbocycles. The number of aromatic nitrogens is 1. The highest BCUT2D eigenvalue weighted by atomic mass is 32.2. The van der Waals surface area contributed by atoms with E-state index in [4.69, 9.17) is 4.98 Å². The van der Waals surface area contributed by atoms with E-state index in [1.54, 1.807) is 0 Å². The standard InChI is InChI=1S/C16H27N3S/c1-4-15-10-14(12-17-13(2)3)11-16(18-15)19-6-5-8-20-9-7-19/h10-11,13,17H,4-9,12H2,1-3H3. The van der Waals surface area contributed by atoms with Crippen molar-refractivity contribution in [3.05, 3.63) is 23.4 Å². The van der Waals surface area contributed by atoms with Crippen LogP contribution in [0.4, 0.5) is 5.82 Å². The summed E-state index contributed by atoms with van der Waals surface area (Å²) in [6, 6.07) is 5.03. The molecule has 4 heteroatoms. The first-order chi connectivity index (χ1) is 9.69. The molecule has 0 aromatic carbocycles. The average Bonchev–Trinajstić information content (AvgIpc) is 2.73. The lowest BCUT2D eigenvalue weighted by Crippen LogP contribution is -2.27. The van der Waals surface area contributed by atoms with E-state index in [9.17, 15) is 0 Å². The van der Waals surface area contributed by atoms with E-state index >= 15 is 0 Å². The highest BCUT2D eigenvalue weighted by Crippen LogP contribution is 2.20. The summed E-state index contributed by atoms with van der Waals surface area (Å²) in [6.07, 6.45) is 2.27. The fourth-order valence-corrected chi connectivity index (χ4v) is 3.26. The monoisotopic (exact) mass is 293 g/mol. The number of nitrogens with one attached hydrogen (secondary N) is 1. The first-order valence-electron chi connectivity index (χ1n) is 7.75. The van der Waals surface area contributed by atoms with Crippen molar-refractivity contribution >= 4 is 17.6 Å². The minimum atomic E-state index is 0.520. The van der Waals surface area contributed by atoms with Gasteiger partial charge in [0.15, 0.2) is 0 Å². The molecule has 0 spiro atoms. The van der Waals surface area contributed by atoms with Crippen LogP contribution in [0.5, 0.6) is 0 Å². The smallest absolute Gasteiger partial charge is 0.129 e. The fraction of sp³-hybridized carbons (Fsp3) is 0.688. The number of pyridine rings is 1. The van der Waals surface area contributed by atoms with Gasteiger partial charge in [0, 0.05) is 37.1 Å². The van der Waals surface area contributed by atoms with Gasteiger partial charge in [-0.1, -0.05) is 20.8 Å². The molecule has 1 N–H and O–H groups in total. The van der Waals surface area contributed by atoms with E-state index in [1.165, 1.54) is 35.0 Å². The van der Waals surface area contributed by atoms with E-state index in [-0.39, 0.29) is 0 Å². The van der Waals surface area contributed by atoms with Crippen LogP contribution in [0.1, 0.15) is 38.4 Å². The van der Waals surface area contributed by atoms with Crippen molar-refractivity contribution in [2.45, 2.75) is 46.2 Å². The van der Waals surface area contributed by atoms with E-state index in [0.717, 1.165) is 26.1 Å². The van der Waals surface area contributed by atoms with Crippen molar-refractivity contribution in [1.29, 1.82) is 0 Å². The van der Waals surface area contributed by atoms with Crippen LogP contribution in [0.15, 0.2) is 12.1 Å². The zero-order valence-corrected chi connectivity index (χ0v) is 13.8. The van der Waals surface area contributed by atoms with Crippen LogP contribution < -0.4 is 10.2 Å². The number of thioether (sulfide) groups is 1. The topological polar surface area (TPSA) is 28.2 Å². The summed E-state index contributed by atoms with van der Waals surface area (Å²) in [7, 11) is 0. The largest absolute Gasteiger partial charge is 0.356 e. The maximum atomic E-state index is 4.83. The third-order valence-electron chi connectivity index (χ3n) is 3.55. The molecule has 0 bridgehead atoms. The van der Waals surface area contributed by atoms with Crippen molar-refractivity contribution in [1.82, 2.24) is 10.3 Å². The molecule has 1 saturated heterocycles. The number of aryl methyl sites for hydroxylation is 1. The van der Waals surface area contributed by atoms with Crippen molar-refractivity contribution in [3.63, 3.8) is 0 Å². The van der Waals surface area contributed by atoms with E-state index in [0.29, 0.717) is 6.04 Å². The Labute approximate surface area is 127 Å². The normalized spacial score (nSPS) is 16.5. The van der Waals surface area contributed by atoms with Crippen LogP contribution in [0.2, 0.25) is 0 Å². The Bertz CT molecular complexity index is 412. The zero-order chi connectivity index (χ0) is 14.4. The number of anilines is 1. The fourth-order valence-electron chi connectivity index (χ4n) is 2.38. The average molecular weight is 293 g/mol. The second-order valence-corrected chi connectivity index (χ2v) is 6.89. The molecule has 0 radical (unpaired) electrons. The van der Waals surface area contributed by atoms with Gasteiger partial charge in [-0.15, -0.1) is 0 Å². The summed E-state index contributed by atoms with van der Waals surface area (Å²) in [5.41, 5.74) is 2.57. The molecule has 0 unspecified atom stereocenters. The number of rotatable bonds is 5. The summed E-state index contributed by atoms with van der Waals surface area (Å²) in [5.74, 6) is 3.68. The summed E-state index contributed by atoms with van der Waals surface area (Å²) in [5, 5.41) is 3.51. The van der Waals surface area contributed by atoms with Gasteiger partial charge in [-0.05, 0) is 36.3 Å². The van der Waals surface area contributed by atoms with Gasteiger partial charge in [0.1, 0.15) is 5.82 Å². The van der Waals surface area contributed by atoms with E-state index in [1.807, 2.05) is 0 Å². The highest BCUT2D eigenvalue weighted by Gasteiger charge is 2.13. The van der Waals surface area contributed by atoms with Gasteiger partial charge in [-0.3, -0.25) is 0 Å². The van der Waals surface area contributed by atoms with Crippen LogP contribution in [0, 0.1) is 0 Å². The first kappa shape index (κ1) is 15.6. The number of hydrogen-bond acceptors (Lipinski definition) is 4. The predicted molar refractivity (Wildman–Crippen MR) is 89.7 cm³/mol. The molecule has 20 heavy (non-hydrogen) atoms. The Morgan fingerprint density at radius 1 is 1.30 bits per heavy atom. The van der Waals surface area contributed by atoms with Gasteiger partial charge in [0.25, 0.3) is 0 Å². The molecule has 0 saturated carbocycles. The highest BCUT2D eigenvalue weighted by molar-refractivity contribution is 7.99. The molecule has 1 aromatic rings. The molecular weight excluding hydrogens is 266 g/mol. The van der Waals surface area contributed by atoms with Gasteiger partial charge in [0.05, 0.1) is 0 Å². The van der Waals surface area contributed by atoms with Crippen molar-refractivity contribution in [2.75, 3.05) is 29.5 Å². The summed E-state index contributed by atoms with van der Waals surface area (Å²) in [6.45, 7) is 9.77. The third-order valence-corrected chi connectivity index (χ3v) is 4.60. The quantitative estimate of drug-likeness (QED) is 0.903. The minimum Gasteiger partial charge on any atom is -0.356 e. The van der Waals surface area contributed by atoms with Crippen molar-refractivity contribution < 1.29 is 0 Å². The van der Waals surface area contributed by atoms with Gasteiger partial charge >= 0.3 is 0 Å². The maximum absolute atomic E-state index is 4.83. The molecule has 1 aliphatic rings. The van der Waals surface area contributed by atoms with Crippen LogP contribution in [-0.2, 0) is 13.0 Å². The summed E-state index contributed by atoms with van der Waals surface area (Å²) in [4.78, 5) is 7.29. The molecule has 1 aliphatic heterocycles. The molecule has 0 atom stereocenters. The molecule has 2 heterocycles. The van der Waals surface area contributed by atoms with E-state index < -0.39 is 0 Å². The Hall–Kier alpha value is -0.740. The second kappa shape index (κ2) is 7.89. The van der Waals surface area contributed by atoms with Gasteiger partial charge < -0.3 is 10.2 Å². The molecular formula is C16H27N3S. The lowest BCUT2D eigenvalue weighted by atomic mass is 10.1. The number of hydrogen-bond donors (Lipinski definition) is 1. The molecule has 112 valence electrons. The third kappa shape index (κ3) is 4.67. The van der Waals surface area contributed by atoms with Crippen LogP contribution >= 0.6 is 11.8 Å². The van der Waals surface area contributed by atoms with Crippen LogP contribution in [0.25, 0.3) is 0 Å². The van der Waals surface area contributed by atoms with Gasteiger partial charge in [-0.25, -0.2) is 4.98 Å². The molecule has 1 fully saturated rings. The zero-order valence-electron chi connectivity index (χ0n) is 13.0. The first-order valence-corrected chi connectivity index (χ1v) is 8.90. The molecule has 0 amide bonds. The molecule has 1 aromatic heterocycles. The van der Waals surface area contributed by atoms with Crippen LogP contribution in [-0.4, -0.2) is 35.6 Å². The Balaban J connectivity index is 2.15. The molecule has 2 rings (SSSR count). The number of nitrogens with zero attached hydrogens (tertiary/aromatic N) is 2. The van der Waals surface area contributed by atoms with Gasteiger partial charge in [0.2, 0.25) is 0 Å². The predicted octanol–water partition coefficient (Wildman–Crippen LogP) is 3.09. The van der Waals surface area contributed by atoms with E-state index in [2.05, 4.69) is 54.9 Å². The lowest BCUT2D eigenvalue weighted by Gasteiger charge is -2.22.